The molecule has 1 atom stereocenters. The summed E-state index contributed by atoms with van der Waals surface area (Å²) < 4.78 is 9.95. The third kappa shape index (κ3) is 3.34. The maximum absolute atomic E-state index is 5.46. The zero-order valence-electron chi connectivity index (χ0n) is 13.2. The summed E-state index contributed by atoms with van der Waals surface area (Å²) >= 11 is 1.38. The second-order valence-electron chi connectivity index (χ2n) is 5.60. The van der Waals surface area contributed by atoms with Crippen molar-refractivity contribution >= 4 is 23.9 Å². The highest BCUT2D eigenvalue weighted by molar-refractivity contribution is 7.09. The third-order valence-corrected chi connectivity index (χ3v) is 4.82. The molecule has 6 nitrogen and oxygen atoms in total. The monoisotopic (exact) mass is 363 g/mol. The topological polar surface area (TPSA) is 67.1 Å². The molecule has 1 aliphatic heterocycles. The lowest BCUT2D eigenvalue weighted by atomic mass is 10.1. The molecule has 0 spiro atoms. The summed E-state index contributed by atoms with van der Waals surface area (Å²) in [6.07, 6.45) is 0. The second kappa shape index (κ2) is 7.40. The van der Waals surface area contributed by atoms with Gasteiger partial charge in [-0.15, -0.1) is 12.4 Å². The van der Waals surface area contributed by atoms with Crippen molar-refractivity contribution in [2.75, 3.05) is 26.7 Å². The summed E-state index contributed by atoms with van der Waals surface area (Å²) in [7, 11) is 2.09. The van der Waals surface area contributed by atoms with Crippen molar-refractivity contribution in [1.82, 2.24) is 24.7 Å². The Morgan fingerprint density at radius 3 is 2.92 bits per heavy atom. The van der Waals surface area contributed by atoms with E-state index in [0.717, 1.165) is 41.6 Å². The molecule has 126 valence electrons. The molecule has 1 fully saturated rings. The highest BCUT2D eigenvalue weighted by atomic mass is 35.5. The van der Waals surface area contributed by atoms with Crippen molar-refractivity contribution in [1.29, 1.82) is 0 Å². The molecule has 1 N–H and O–H groups in total. The van der Waals surface area contributed by atoms with Crippen LogP contribution in [0.4, 0.5) is 0 Å². The average Bonchev–Trinajstić information content (AvgIpc) is 3.25. The Morgan fingerprint density at radius 1 is 1.29 bits per heavy atom. The molecule has 3 aromatic rings. The maximum Gasteiger partial charge on any atom is 0.269 e. The normalized spacial score (nSPS) is 18.3. The number of aromatic nitrogens is 3. The predicted molar refractivity (Wildman–Crippen MR) is 96.3 cm³/mol. The van der Waals surface area contributed by atoms with Crippen LogP contribution in [0, 0.1) is 0 Å². The Morgan fingerprint density at radius 2 is 2.12 bits per heavy atom. The third-order valence-electron chi connectivity index (χ3n) is 4.04. The van der Waals surface area contributed by atoms with Crippen LogP contribution in [0.2, 0.25) is 0 Å². The molecule has 0 radical (unpaired) electrons. The van der Waals surface area contributed by atoms with Crippen LogP contribution in [0.5, 0.6) is 0 Å². The van der Waals surface area contributed by atoms with Gasteiger partial charge in [0.15, 0.2) is 5.82 Å². The van der Waals surface area contributed by atoms with Crippen molar-refractivity contribution < 1.29 is 4.52 Å². The fourth-order valence-electron chi connectivity index (χ4n) is 2.69. The minimum Gasteiger partial charge on any atom is -0.333 e. The van der Waals surface area contributed by atoms with E-state index in [-0.39, 0.29) is 18.4 Å². The van der Waals surface area contributed by atoms with Crippen molar-refractivity contribution in [3.63, 3.8) is 0 Å². The highest BCUT2D eigenvalue weighted by Gasteiger charge is 2.26. The molecule has 1 aliphatic rings. The Balaban J connectivity index is 0.00000169. The number of likely N-dealkylation sites (N-methyl/N-ethyl adjacent to an activating group) is 1. The lowest BCUT2D eigenvalue weighted by Gasteiger charge is -2.30. The van der Waals surface area contributed by atoms with E-state index < -0.39 is 0 Å². The van der Waals surface area contributed by atoms with Gasteiger partial charge in [-0.25, -0.2) is 0 Å². The molecule has 3 heterocycles. The van der Waals surface area contributed by atoms with Gasteiger partial charge in [0.05, 0.1) is 11.7 Å². The number of hydrogen-bond donors (Lipinski definition) is 1. The van der Waals surface area contributed by atoms with Crippen LogP contribution in [0.25, 0.3) is 22.0 Å². The van der Waals surface area contributed by atoms with E-state index in [9.17, 15) is 0 Å². The van der Waals surface area contributed by atoms with Gasteiger partial charge in [-0.2, -0.15) is 9.36 Å². The van der Waals surface area contributed by atoms with Gasteiger partial charge >= 0.3 is 0 Å². The highest BCUT2D eigenvalue weighted by Crippen LogP contribution is 2.29. The molecule has 4 rings (SSSR count). The van der Waals surface area contributed by atoms with E-state index in [4.69, 9.17) is 4.52 Å². The van der Waals surface area contributed by atoms with E-state index >= 15 is 0 Å². The molecule has 0 saturated carbocycles. The van der Waals surface area contributed by atoms with Gasteiger partial charge < -0.3 is 9.84 Å². The zero-order valence-corrected chi connectivity index (χ0v) is 14.8. The van der Waals surface area contributed by atoms with Crippen molar-refractivity contribution in [3.05, 3.63) is 42.2 Å². The summed E-state index contributed by atoms with van der Waals surface area (Å²) in [6.45, 7) is 2.81. The number of nitrogens with zero attached hydrogens (tertiary/aromatic N) is 4. The van der Waals surface area contributed by atoms with E-state index in [0.29, 0.717) is 5.89 Å². The number of halogens is 1. The number of hydrogen-bond acceptors (Lipinski definition) is 7. The summed E-state index contributed by atoms with van der Waals surface area (Å²) in [6, 6.07) is 12.2. The summed E-state index contributed by atoms with van der Waals surface area (Å²) in [5, 5.41) is 7.53. The van der Waals surface area contributed by atoms with Crippen LogP contribution in [-0.4, -0.2) is 46.1 Å². The van der Waals surface area contributed by atoms with Gasteiger partial charge in [-0.1, -0.05) is 35.5 Å². The van der Waals surface area contributed by atoms with Crippen molar-refractivity contribution in [2.24, 2.45) is 0 Å². The first-order valence-corrected chi connectivity index (χ1v) is 8.35. The fraction of sp³-hybridized carbons (Fsp3) is 0.312. The Kier molecular flexibility index (Phi) is 5.25. The van der Waals surface area contributed by atoms with Gasteiger partial charge in [0.1, 0.15) is 4.88 Å². The van der Waals surface area contributed by atoms with Crippen LogP contribution in [-0.2, 0) is 0 Å². The quantitative estimate of drug-likeness (QED) is 0.771. The Bertz CT molecular complexity index is 791. The molecule has 1 saturated heterocycles. The second-order valence-corrected chi connectivity index (χ2v) is 6.41. The van der Waals surface area contributed by atoms with Crippen molar-refractivity contribution in [3.8, 4) is 22.0 Å². The first-order chi connectivity index (χ1) is 11.3. The minimum absolute atomic E-state index is 0. The molecule has 1 aromatic carbocycles. The number of piperazine rings is 1. The van der Waals surface area contributed by atoms with Gasteiger partial charge in [0.2, 0.25) is 0 Å². The molecule has 2 aromatic heterocycles. The predicted octanol–water partition coefficient (Wildman–Crippen LogP) is 2.86. The van der Waals surface area contributed by atoms with Crippen LogP contribution in [0.1, 0.15) is 11.9 Å². The minimum atomic E-state index is 0. The van der Waals surface area contributed by atoms with Gasteiger partial charge in [-0.3, -0.25) is 4.90 Å². The van der Waals surface area contributed by atoms with Gasteiger partial charge in [-0.05, 0) is 24.6 Å². The van der Waals surface area contributed by atoms with Gasteiger partial charge in [0.25, 0.3) is 5.89 Å². The van der Waals surface area contributed by atoms with E-state index in [1.165, 1.54) is 11.5 Å². The largest absolute Gasteiger partial charge is 0.333 e. The number of benzene rings is 1. The summed E-state index contributed by atoms with van der Waals surface area (Å²) in [5.74, 6) is 1.27. The van der Waals surface area contributed by atoms with Crippen LogP contribution < -0.4 is 5.32 Å². The van der Waals surface area contributed by atoms with Gasteiger partial charge in [0, 0.05) is 25.2 Å². The standard InChI is InChI=1S/C16H17N5OS.ClH/c1-21-8-7-17-10-13(21)15-18-16(22-19-15)14-9-12(20-23-14)11-5-3-2-4-6-11;/h2-6,9,13,17H,7-8,10H2,1H3;1H. The molecule has 0 bridgehead atoms. The molecular formula is C16H18ClN5OS. The molecule has 24 heavy (non-hydrogen) atoms. The first-order valence-electron chi connectivity index (χ1n) is 7.58. The molecule has 8 heteroatoms. The fourth-order valence-corrected chi connectivity index (χ4v) is 3.37. The first kappa shape index (κ1) is 17.0. The molecule has 1 unspecified atom stereocenters. The summed E-state index contributed by atoms with van der Waals surface area (Å²) in [5.41, 5.74) is 2.02. The summed E-state index contributed by atoms with van der Waals surface area (Å²) in [4.78, 5) is 7.71. The molecule has 0 aliphatic carbocycles. The average molecular weight is 364 g/mol. The molecule has 0 amide bonds. The lowest BCUT2D eigenvalue weighted by Crippen LogP contribution is -2.44. The Hall–Kier alpha value is -1.80. The number of nitrogens with one attached hydrogen (secondary N) is 1. The smallest absolute Gasteiger partial charge is 0.269 e. The van der Waals surface area contributed by atoms with E-state index in [1.807, 2.05) is 36.4 Å². The van der Waals surface area contributed by atoms with E-state index in [1.54, 1.807) is 0 Å². The molecular weight excluding hydrogens is 346 g/mol. The zero-order chi connectivity index (χ0) is 15.6. The van der Waals surface area contributed by atoms with E-state index in [2.05, 4.69) is 31.8 Å². The lowest BCUT2D eigenvalue weighted by molar-refractivity contribution is 0.190. The Labute approximate surface area is 150 Å². The van der Waals surface area contributed by atoms with Crippen molar-refractivity contribution in [2.45, 2.75) is 6.04 Å². The van der Waals surface area contributed by atoms with Crippen LogP contribution in [0.15, 0.2) is 40.9 Å². The number of rotatable bonds is 3. The SMILES string of the molecule is CN1CCNCC1c1noc(-c2cc(-c3ccccc3)ns2)n1.Cl. The van der Waals surface area contributed by atoms with Crippen LogP contribution >= 0.6 is 23.9 Å². The van der Waals surface area contributed by atoms with Crippen LogP contribution in [0.3, 0.4) is 0 Å². The maximum atomic E-state index is 5.46.